The molecule has 1 amide bonds. The number of amides is 1. The summed E-state index contributed by atoms with van der Waals surface area (Å²) in [5.41, 5.74) is -0.191. The number of carbonyl (C=O) groups excluding carboxylic acids is 1. The van der Waals surface area contributed by atoms with Gasteiger partial charge in [-0.05, 0) is 51.5 Å². The van der Waals surface area contributed by atoms with Crippen molar-refractivity contribution in [2.24, 2.45) is 5.41 Å². The predicted octanol–water partition coefficient (Wildman–Crippen LogP) is 2.70. The number of likely N-dealkylation sites (tertiary alicyclic amines) is 1. The lowest BCUT2D eigenvalue weighted by Crippen LogP contribution is -2.43. The van der Waals surface area contributed by atoms with Crippen LogP contribution in [0, 0.1) is 5.41 Å². The van der Waals surface area contributed by atoms with Crippen LogP contribution in [0.3, 0.4) is 0 Å². The van der Waals surface area contributed by atoms with Gasteiger partial charge in [-0.2, -0.15) is 0 Å². The molecule has 3 heterocycles. The fraction of sp³-hybridized carbons (Fsp3) is 0.706. The largest absolute Gasteiger partial charge is 0.444 e. The average molecular weight is 318 g/mol. The topological polar surface area (TPSA) is 58.6 Å². The lowest BCUT2D eigenvalue weighted by atomic mass is 9.78. The van der Waals surface area contributed by atoms with Crippen LogP contribution in [0.15, 0.2) is 18.5 Å². The SMILES string of the molecule is CC(C)(C)OC(=O)N1CCC2(CCN(c3ncccn3)CC2)C1. The van der Waals surface area contributed by atoms with Crippen LogP contribution in [0.5, 0.6) is 0 Å². The van der Waals surface area contributed by atoms with Crippen molar-refractivity contribution in [3.63, 3.8) is 0 Å². The van der Waals surface area contributed by atoms with Gasteiger partial charge in [0.05, 0.1) is 0 Å². The van der Waals surface area contributed by atoms with Gasteiger partial charge in [-0.15, -0.1) is 0 Å². The van der Waals surface area contributed by atoms with Crippen molar-refractivity contribution in [2.75, 3.05) is 31.1 Å². The molecule has 0 aromatic carbocycles. The molecule has 3 rings (SSSR count). The summed E-state index contributed by atoms with van der Waals surface area (Å²) in [6, 6.07) is 1.84. The van der Waals surface area contributed by atoms with E-state index in [1.54, 1.807) is 12.4 Å². The first-order chi connectivity index (χ1) is 10.9. The van der Waals surface area contributed by atoms with Crippen molar-refractivity contribution in [3.8, 4) is 0 Å². The molecule has 0 radical (unpaired) electrons. The van der Waals surface area contributed by atoms with Gasteiger partial charge in [0.2, 0.25) is 5.95 Å². The molecule has 0 atom stereocenters. The normalized spacial score (nSPS) is 20.8. The Morgan fingerprint density at radius 1 is 1.13 bits per heavy atom. The summed E-state index contributed by atoms with van der Waals surface area (Å²) in [6.07, 6.45) is 6.60. The Bertz CT molecular complexity index is 547. The third-order valence-corrected chi connectivity index (χ3v) is 4.75. The summed E-state index contributed by atoms with van der Waals surface area (Å²) in [7, 11) is 0. The Balaban J connectivity index is 1.56. The van der Waals surface area contributed by atoms with E-state index in [1.807, 2.05) is 31.7 Å². The van der Waals surface area contributed by atoms with Gasteiger partial charge < -0.3 is 14.5 Å². The molecule has 0 bridgehead atoms. The Morgan fingerprint density at radius 2 is 1.74 bits per heavy atom. The number of hydrogen-bond donors (Lipinski definition) is 0. The van der Waals surface area contributed by atoms with Crippen molar-refractivity contribution < 1.29 is 9.53 Å². The van der Waals surface area contributed by atoms with Gasteiger partial charge in [-0.25, -0.2) is 14.8 Å². The van der Waals surface area contributed by atoms with E-state index >= 15 is 0 Å². The minimum absolute atomic E-state index is 0.178. The average Bonchev–Trinajstić information content (AvgIpc) is 2.91. The highest BCUT2D eigenvalue weighted by Gasteiger charge is 2.43. The van der Waals surface area contributed by atoms with Gasteiger partial charge in [-0.1, -0.05) is 0 Å². The minimum atomic E-state index is -0.430. The second-order valence-corrected chi connectivity index (χ2v) is 7.69. The van der Waals surface area contributed by atoms with Crippen molar-refractivity contribution in [1.82, 2.24) is 14.9 Å². The minimum Gasteiger partial charge on any atom is -0.444 e. The van der Waals surface area contributed by atoms with Gasteiger partial charge >= 0.3 is 6.09 Å². The van der Waals surface area contributed by atoms with Gasteiger partial charge in [0.1, 0.15) is 5.60 Å². The van der Waals surface area contributed by atoms with Crippen molar-refractivity contribution >= 4 is 12.0 Å². The lowest BCUT2D eigenvalue weighted by molar-refractivity contribution is 0.0266. The maximum Gasteiger partial charge on any atom is 0.410 e. The first-order valence-corrected chi connectivity index (χ1v) is 8.37. The number of anilines is 1. The lowest BCUT2D eigenvalue weighted by Gasteiger charge is -2.39. The molecule has 0 unspecified atom stereocenters. The molecule has 6 heteroatoms. The molecule has 1 aromatic heterocycles. The zero-order valence-corrected chi connectivity index (χ0v) is 14.3. The number of aromatic nitrogens is 2. The Kier molecular flexibility index (Phi) is 4.17. The summed E-state index contributed by atoms with van der Waals surface area (Å²) in [4.78, 5) is 25.0. The maximum absolute atomic E-state index is 12.2. The third kappa shape index (κ3) is 3.74. The maximum atomic E-state index is 12.2. The Morgan fingerprint density at radius 3 is 2.35 bits per heavy atom. The molecule has 23 heavy (non-hydrogen) atoms. The molecule has 0 N–H and O–H groups in total. The summed E-state index contributed by atoms with van der Waals surface area (Å²) in [5.74, 6) is 0.810. The highest BCUT2D eigenvalue weighted by atomic mass is 16.6. The van der Waals surface area contributed by atoms with Crippen LogP contribution < -0.4 is 4.90 Å². The van der Waals surface area contributed by atoms with Crippen LogP contribution in [0.1, 0.15) is 40.0 Å². The number of hydrogen-bond acceptors (Lipinski definition) is 5. The fourth-order valence-electron chi connectivity index (χ4n) is 3.46. The molecule has 2 fully saturated rings. The predicted molar refractivity (Wildman–Crippen MR) is 88.3 cm³/mol. The van der Waals surface area contributed by atoms with Crippen LogP contribution in [0.4, 0.5) is 10.7 Å². The van der Waals surface area contributed by atoms with Gasteiger partial charge in [0, 0.05) is 38.6 Å². The molecule has 1 aromatic rings. The molecule has 6 nitrogen and oxygen atoms in total. The van der Waals surface area contributed by atoms with Crippen molar-refractivity contribution in [1.29, 1.82) is 0 Å². The molecule has 0 saturated carbocycles. The molecule has 2 aliphatic heterocycles. The van der Waals surface area contributed by atoms with Crippen molar-refractivity contribution in [3.05, 3.63) is 18.5 Å². The van der Waals surface area contributed by atoms with E-state index in [1.165, 1.54) is 0 Å². The molecule has 1 spiro atoms. The second-order valence-electron chi connectivity index (χ2n) is 7.69. The number of rotatable bonds is 1. The summed E-state index contributed by atoms with van der Waals surface area (Å²) in [5, 5.41) is 0. The van der Waals surface area contributed by atoms with E-state index < -0.39 is 5.60 Å². The summed E-state index contributed by atoms with van der Waals surface area (Å²) < 4.78 is 5.50. The highest BCUT2D eigenvalue weighted by Crippen LogP contribution is 2.41. The first-order valence-electron chi connectivity index (χ1n) is 8.37. The number of piperidine rings is 1. The number of carbonyl (C=O) groups is 1. The zero-order chi connectivity index (χ0) is 16.5. The monoisotopic (exact) mass is 318 g/mol. The van der Waals surface area contributed by atoms with E-state index in [2.05, 4.69) is 14.9 Å². The third-order valence-electron chi connectivity index (χ3n) is 4.75. The quantitative estimate of drug-likeness (QED) is 0.797. The molecular formula is C17H26N4O2. The smallest absolute Gasteiger partial charge is 0.410 e. The first kappa shape index (κ1) is 16.0. The summed E-state index contributed by atoms with van der Waals surface area (Å²) >= 11 is 0. The zero-order valence-electron chi connectivity index (χ0n) is 14.3. The Labute approximate surface area is 137 Å². The van der Waals surface area contributed by atoms with E-state index in [0.29, 0.717) is 0 Å². The van der Waals surface area contributed by atoms with Gasteiger partial charge in [-0.3, -0.25) is 0 Å². The fourth-order valence-corrected chi connectivity index (χ4v) is 3.46. The second kappa shape index (κ2) is 5.98. The number of ether oxygens (including phenoxy) is 1. The van der Waals surface area contributed by atoms with E-state index in [0.717, 1.165) is 51.4 Å². The van der Waals surface area contributed by atoms with Crippen molar-refractivity contribution in [2.45, 2.75) is 45.6 Å². The molecule has 0 aliphatic carbocycles. The van der Waals surface area contributed by atoms with Gasteiger partial charge in [0.25, 0.3) is 0 Å². The van der Waals surface area contributed by atoms with Crippen LogP contribution in [-0.2, 0) is 4.74 Å². The van der Waals surface area contributed by atoms with E-state index in [4.69, 9.17) is 4.74 Å². The highest BCUT2D eigenvalue weighted by molar-refractivity contribution is 5.68. The van der Waals surface area contributed by atoms with Crippen LogP contribution in [-0.4, -0.2) is 52.7 Å². The molecule has 2 aliphatic rings. The van der Waals surface area contributed by atoms with E-state index in [9.17, 15) is 4.79 Å². The standard InChI is InChI=1S/C17H26N4O2/c1-16(2,3)23-15(22)21-12-7-17(13-21)5-10-20(11-6-17)14-18-8-4-9-19-14/h4,8-9H,5-7,10-13H2,1-3H3. The van der Waals surface area contributed by atoms with Crippen LogP contribution in [0.2, 0.25) is 0 Å². The van der Waals surface area contributed by atoms with Crippen LogP contribution in [0.25, 0.3) is 0 Å². The van der Waals surface area contributed by atoms with E-state index in [-0.39, 0.29) is 11.5 Å². The molecule has 2 saturated heterocycles. The summed E-state index contributed by atoms with van der Waals surface area (Å²) in [6.45, 7) is 9.25. The number of nitrogens with zero attached hydrogens (tertiary/aromatic N) is 4. The molecule has 126 valence electrons. The van der Waals surface area contributed by atoms with Crippen LogP contribution >= 0.6 is 0 Å². The molecular weight excluding hydrogens is 292 g/mol. The van der Waals surface area contributed by atoms with Gasteiger partial charge in [0.15, 0.2) is 0 Å². The Hall–Kier alpha value is -1.85.